The fourth-order valence-corrected chi connectivity index (χ4v) is 2.32. The number of rotatable bonds is 1. The third-order valence-electron chi connectivity index (χ3n) is 2.58. The highest BCUT2D eigenvalue weighted by atomic mass is 127. The van der Waals surface area contributed by atoms with Gasteiger partial charge in [-0.25, -0.2) is 0 Å². The fraction of sp³-hybridized carbons (Fsp3) is 0.364. The van der Waals surface area contributed by atoms with Crippen molar-refractivity contribution in [3.05, 3.63) is 33.4 Å². The maximum absolute atomic E-state index is 12.0. The molecule has 1 amide bonds. The molecule has 1 atom stereocenters. The van der Waals surface area contributed by atoms with E-state index in [2.05, 4.69) is 22.6 Å². The van der Waals surface area contributed by atoms with Crippen molar-refractivity contribution in [2.75, 3.05) is 13.1 Å². The Hall–Kier alpha value is -0.620. The molecular weight excluding hydrogens is 303 g/mol. The summed E-state index contributed by atoms with van der Waals surface area (Å²) in [6.07, 6.45) is 0.912. The van der Waals surface area contributed by atoms with E-state index in [-0.39, 0.29) is 11.9 Å². The minimum absolute atomic E-state index is 0.0986. The SMILES string of the molecule is N[C@H]1CCN(C(=O)c2cccc(I)c2)C1. The number of benzene rings is 1. The van der Waals surface area contributed by atoms with Crippen LogP contribution in [0.4, 0.5) is 0 Å². The lowest BCUT2D eigenvalue weighted by atomic mass is 10.2. The van der Waals surface area contributed by atoms with E-state index in [0.29, 0.717) is 6.54 Å². The second kappa shape index (κ2) is 4.49. The average Bonchev–Trinajstić information content (AvgIpc) is 2.64. The highest BCUT2D eigenvalue weighted by molar-refractivity contribution is 14.1. The predicted molar refractivity (Wildman–Crippen MR) is 67.7 cm³/mol. The maximum Gasteiger partial charge on any atom is 0.253 e. The largest absolute Gasteiger partial charge is 0.337 e. The fourth-order valence-electron chi connectivity index (χ4n) is 1.78. The van der Waals surface area contributed by atoms with Crippen LogP contribution in [0.2, 0.25) is 0 Å². The standard InChI is InChI=1S/C11H13IN2O/c12-9-3-1-2-8(6-9)11(15)14-5-4-10(13)7-14/h1-3,6,10H,4-5,7,13H2/t10-/m0/s1. The number of carbonyl (C=O) groups excluding carboxylic acids is 1. The van der Waals surface area contributed by atoms with Crippen molar-refractivity contribution in [2.24, 2.45) is 5.73 Å². The average molecular weight is 316 g/mol. The van der Waals surface area contributed by atoms with Crippen molar-refractivity contribution in [3.63, 3.8) is 0 Å². The Morgan fingerprint density at radius 1 is 1.53 bits per heavy atom. The molecule has 0 aliphatic carbocycles. The van der Waals surface area contributed by atoms with Crippen LogP contribution < -0.4 is 5.73 Å². The molecule has 0 spiro atoms. The Morgan fingerprint density at radius 3 is 2.93 bits per heavy atom. The van der Waals surface area contributed by atoms with Gasteiger partial charge in [-0.05, 0) is 47.2 Å². The molecule has 0 aromatic heterocycles. The molecule has 1 aromatic carbocycles. The van der Waals surface area contributed by atoms with Crippen LogP contribution in [-0.2, 0) is 0 Å². The number of carbonyl (C=O) groups is 1. The molecule has 1 aliphatic heterocycles. The van der Waals surface area contributed by atoms with E-state index in [1.165, 1.54) is 0 Å². The molecule has 0 radical (unpaired) electrons. The van der Waals surface area contributed by atoms with Gasteiger partial charge in [0, 0.05) is 28.3 Å². The topological polar surface area (TPSA) is 46.3 Å². The summed E-state index contributed by atoms with van der Waals surface area (Å²) in [5.41, 5.74) is 6.54. The summed E-state index contributed by atoms with van der Waals surface area (Å²) in [5.74, 6) is 0.0986. The van der Waals surface area contributed by atoms with Crippen molar-refractivity contribution >= 4 is 28.5 Å². The first-order chi connectivity index (χ1) is 7.16. The van der Waals surface area contributed by atoms with Crippen molar-refractivity contribution in [1.82, 2.24) is 4.90 Å². The normalized spacial score (nSPS) is 20.7. The number of amides is 1. The molecule has 2 rings (SSSR count). The number of likely N-dealkylation sites (tertiary alicyclic amines) is 1. The third kappa shape index (κ3) is 2.49. The van der Waals surface area contributed by atoms with Crippen molar-refractivity contribution in [3.8, 4) is 0 Å². The summed E-state index contributed by atoms with van der Waals surface area (Å²) in [6.45, 7) is 1.47. The molecule has 1 aliphatic rings. The van der Waals surface area contributed by atoms with Gasteiger partial charge < -0.3 is 10.6 Å². The summed E-state index contributed by atoms with van der Waals surface area (Å²) in [7, 11) is 0. The van der Waals surface area contributed by atoms with Gasteiger partial charge in [0.05, 0.1) is 0 Å². The summed E-state index contributed by atoms with van der Waals surface area (Å²) >= 11 is 2.21. The first-order valence-electron chi connectivity index (χ1n) is 4.97. The zero-order valence-corrected chi connectivity index (χ0v) is 10.5. The van der Waals surface area contributed by atoms with Gasteiger partial charge in [-0.1, -0.05) is 6.07 Å². The smallest absolute Gasteiger partial charge is 0.253 e. The van der Waals surface area contributed by atoms with E-state index in [1.807, 2.05) is 29.2 Å². The van der Waals surface area contributed by atoms with E-state index in [9.17, 15) is 4.79 Å². The van der Waals surface area contributed by atoms with Gasteiger partial charge in [0.1, 0.15) is 0 Å². The molecule has 4 heteroatoms. The molecule has 80 valence electrons. The number of nitrogens with zero attached hydrogens (tertiary/aromatic N) is 1. The molecule has 2 N–H and O–H groups in total. The summed E-state index contributed by atoms with van der Waals surface area (Å²) in [4.78, 5) is 13.8. The van der Waals surface area contributed by atoms with Gasteiger partial charge in [-0.2, -0.15) is 0 Å². The Morgan fingerprint density at radius 2 is 2.33 bits per heavy atom. The molecule has 0 bridgehead atoms. The van der Waals surface area contributed by atoms with Gasteiger partial charge in [-0.15, -0.1) is 0 Å². The first kappa shape index (κ1) is 10.9. The zero-order valence-electron chi connectivity index (χ0n) is 8.32. The van der Waals surface area contributed by atoms with Crippen LogP contribution in [0.5, 0.6) is 0 Å². The number of hydrogen-bond donors (Lipinski definition) is 1. The monoisotopic (exact) mass is 316 g/mol. The minimum Gasteiger partial charge on any atom is -0.337 e. The Labute approximate surface area is 103 Å². The second-order valence-electron chi connectivity index (χ2n) is 3.81. The van der Waals surface area contributed by atoms with Crippen LogP contribution in [0.25, 0.3) is 0 Å². The Balaban J connectivity index is 2.14. The van der Waals surface area contributed by atoms with Gasteiger partial charge in [0.2, 0.25) is 0 Å². The van der Waals surface area contributed by atoms with Crippen LogP contribution >= 0.6 is 22.6 Å². The van der Waals surface area contributed by atoms with Gasteiger partial charge >= 0.3 is 0 Å². The van der Waals surface area contributed by atoms with Crippen molar-refractivity contribution < 1.29 is 4.79 Å². The van der Waals surface area contributed by atoms with Gasteiger partial charge in [0.25, 0.3) is 5.91 Å². The Bertz CT molecular complexity index is 381. The molecule has 15 heavy (non-hydrogen) atoms. The molecule has 3 nitrogen and oxygen atoms in total. The maximum atomic E-state index is 12.0. The molecule has 0 unspecified atom stereocenters. The summed E-state index contributed by atoms with van der Waals surface area (Å²) < 4.78 is 1.09. The number of nitrogens with two attached hydrogens (primary N) is 1. The molecular formula is C11H13IN2O. The van der Waals surface area contributed by atoms with Crippen LogP contribution in [0.3, 0.4) is 0 Å². The zero-order chi connectivity index (χ0) is 10.8. The van der Waals surface area contributed by atoms with Crippen molar-refractivity contribution in [1.29, 1.82) is 0 Å². The van der Waals surface area contributed by atoms with Crippen LogP contribution in [-0.4, -0.2) is 29.9 Å². The van der Waals surface area contributed by atoms with E-state index in [0.717, 1.165) is 22.1 Å². The summed E-state index contributed by atoms with van der Waals surface area (Å²) in [6, 6.07) is 7.80. The molecule has 1 aromatic rings. The second-order valence-corrected chi connectivity index (χ2v) is 5.06. The minimum atomic E-state index is 0.0986. The van der Waals surface area contributed by atoms with E-state index in [1.54, 1.807) is 0 Å². The Kier molecular flexibility index (Phi) is 3.25. The lowest BCUT2D eigenvalue weighted by Crippen LogP contribution is -2.31. The molecule has 1 heterocycles. The predicted octanol–water partition coefficient (Wildman–Crippen LogP) is 1.46. The molecule has 1 fully saturated rings. The lowest BCUT2D eigenvalue weighted by molar-refractivity contribution is 0.0791. The molecule has 1 saturated heterocycles. The van der Waals surface area contributed by atoms with Crippen molar-refractivity contribution in [2.45, 2.75) is 12.5 Å². The highest BCUT2D eigenvalue weighted by Crippen LogP contribution is 2.14. The van der Waals surface area contributed by atoms with E-state index in [4.69, 9.17) is 5.73 Å². The van der Waals surface area contributed by atoms with E-state index >= 15 is 0 Å². The first-order valence-corrected chi connectivity index (χ1v) is 6.05. The van der Waals surface area contributed by atoms with Crippen LogP contribution in [0, 0.1) is 3.57 Å². The van der Waals surface area contributed by atoms with Gasteiger partial charge in [0.15, 0.2) is 0 Å². The lowest BCUT2D eigenvalue weighted by Gasteiger charge is -2.15. The highest BCUT2D eigenvalue weighted by Gasteiger charge is 2.24. The van der Waals surface area contributed by atoms with Crippen LogP contribution in [0.15, 0.2) is 24.3 Å². The molecule has 0 saturated carbocycles. The van der Waals surface area contributed by atoms with Gasteiger partial charge in [-0.3, -0.25) is 4.79 Å². The van der Waals surface area contributed by atoms with E-state index < -0.39 is 0 Å². The quantitative estimate of drug-likeness (QED) is 0.798. The van der Waals surface area contributed by atoms with Crippen LogP contribution in [0.1, 0.15) is 16.8 Å². The summed E-state index contributed by atoms with van der Waals surface area (Å²) in [5, 5.41) is 0. The number of hydrogen-bond acceptors (Lipinski definition) is 2. The third-order valence-corrected chi connectivity index (χ3v) is 3.25. The number of halogens is 1.